The van der Waals surface area contributed by atoms with Crippen LogP contribution in [0.2, 0.25) is 0 Å². The van der Waals surface area contributed by atoms with Crippen LogP contribution in [0.15, 0.2) is 47.2 Å². The van der Waals surface area contributed by atoms with Gasteiger partial charge >= 0.3 is 0 Å². The van der Waals surface area contributed by atoms with E-state index in [1.165, 1.54) is 0 Å². The molecule has 2 aromatic rings. The summed E-state index contributed by atoms with van der Waals surface area (Å²) in [6.07, 6.45) is 3.41. The number of halogens is 2. The molecule has 1 aromatic carbocycles. The van der Waals surface area contributed by atoms with Crippen molar-refractivity contribution in [1.82, 2.24) is 4.98 Å². The van der Waals surface area contributed by atoms with Gasteiger partial charge in [0.1, 0.15) is 11.5 Å². The second kappa shape index (κ2) is 4.94. The van der Waals surface area contributed by atoms with Gasteiger partial charge in [0.25, 0.3) is 0 Å². The van der Waals surface area contributed by atoms with E-state index in [2.05, 4.69) is 43.5 Å². The lowest BCUT2D eigenvalue weighted by Gasteiger charge is -2.06. The molecule has 1 aromatic heterocycles. The molecular weight excluding hydrogens is 369 g/mol. The minimum Gasteiger partial charge on any atom is -0.455 e. The Morgan fingerprint density at radius 1 is 1.20 bits per heavy atom. The number of aromatic nitrogens is 1. The molecule has 0 saturated heterocycles. The van der Waals surface area contributed by atoms with E-state index in [0.29, 0.717) is 0 Å². The minimum atomic E-state index is 0.730. The van der Waals surface area contributed by atoms with Crippen molar-refractivity contribution in [2.45, 2.75) is 0 Å². The summed E-state index contributed by atoms with van der Waals surface area (Å²) in [6, 6.07) is 9.75. The second-order valence-corrected chi connectivity index (χ2v) is 4.95. The number of ether oxygens (including phenoxy) is 1. The number of rotatable bonds is 2. The first-order chi connectivity index (χ1) is 7.25. The van der Waals surface area contributed by atoms with Gasteiger partial charge in [0.15, 0.2) is 0 Å². The monoisotopic (exact) mass is 375 g/mol. The lowest BCUT2D eigenvalue weighted by Crippen LogP contribution is -1.87. The zero-order chi connectivity index (χ0) is 10.7. The quantitative estimate of drug-likeness (QED) is 0.732. The summed E-state index contributed by atoms with van der Waals surface area (Å²) in [7, 11) is 0. The molecule has 0 atom stereocenters. The van der Waals surface area contributed by atoms with Crippen LogP contribution >= 0.6 is 38.5 Å². The van der Waals surface area contributed by atoms with Gasteiger partial charge in [0.05, 0.1) is 9.77 Å². The van der Waals surface area contributed by atoms with Crippen LogP contribution in [0.3, 0.4) is 0 Å². The largest absolute Gasteiger partial charge is 0.455 e. The first kappa shape index (κ1) is 10.9. The first-order valence-corrected chi connectivity index (χ1v) is 6.16. The van der Waals surface area contributed by atoms with Gasteiger partial charge in [-0.2, -0.15) is 0 Å². The maximum Gasteiger partial charge on any atom is 0.146 e. The molecule has 0 amide bonds. The fraction of sp³-hybridized carbons (Fsp3) is 0. The Bertz CT molecular complexity index is 476. The van der Waals surface area contributed by atoms with Gasteiger partial charge in [0.2, 0.25) is 0 Å². The maximum atomic E-state index is 5.69. The minimum absolute atomic E-state index is 0.730. The number of hydrogen-bond acceptors (Lipinski definition) is 2. The van der Waals surface area contributed by atoms with E-state index in [1.807, 2.05) is 30.3 Å². The van der Waals surface area contributed by atoms with Crippen LogP contribution in [0.5, 0.6) is 11.5 Å². The molecule has 0 aliphatic rings. The molecule has 0 spiro atoms. The van der Waals surface area contributed by atoms with Gasteiger partial charge in [-0.05, 0) is 56.7 Å². The number of pyridine rings is 1. The highest BCUT2D eigenvalue weighted by atomic mass is 127. The van der Waals surface area contributed by atoms with Crippen LogP contribution in [-0.4, -0.2) is 4.98 Å². The van der Waals surface area contributed by atoms with Crippen molar-refractivity contribution in [3.8, 4) is 11.5 Å². The van der Waals surface area contributed by atoms with E-state index in [1.54, 1.807) is 12.4 Å². The fourth-order valence-electron chi connectivity index (χ4n) is 1.10. The van der Waals surface area contributed by atoms with Crippen molar-refractivity contribution in [3.05, 3.63) is 50.8 Å². The smallest absolute Gasteiger partial charge is 0.146 e. The molecule has 0 aliphatic heterocycles. The summed E-state index contributed by atoms with van der Waals surface area (Å²) < 4.78 is 7.68. The third-order valence-electron chi connectivity index (χ3n) is 1.74. The summed E-state index contributed by atoms with van der Waals surface area (Å²) in [5, 5.41) is 0. The van der Waals surface area contributed by atoms with Gasteiger partial charge < -0.3 is 4.74 Å². The first-order valence-electron chi connectivity index (χ1n) is 4.28. The molecule has 76 valence electrons. The molecule has 1 heterocycles. The normalized spacial score (nSPS) is 10.0. The van der Waals surface area contributed by atoms with E-state index in [-0.39, 0.29) is 0 Å². The Kier molecular flexibility index (Phi) is 3.58. The van der Waals surface area contributed by atoms with Crippen LogP contribution in [0.25, 0.3) is 0 Å². The summed E-state index contributed by atoms with van der Waals surface area (Å²) in [5.74, 6) is 1.58. The molecule has 0 fully saturated rings. The molecule has 0 radical (unpaired) electrons. The molecular formula is C11H7BrINO. The van der Waals surface area contributed by atoms with Crippen molar-refractivity contribution in [3.63, 3.8) is 0 Å². The summed E-state index contributed by atoms with van der Waals surface area (Å²) in [4.78, 5) is 4.04. The molecule has 0 saturated carbocycles. The highest BCUT2D eigenvalue weighted by Crippen LogP contribution is 2.27. The Morgan fingerprint density at radius 2 is 2.00 bits per heavy atom. The molecule has 15 heavy (non-hydrogen) atoms. The molecule has 2 rings (SSSR count). The van der Waals surface area contributed by atoms with Crippen molar-refractivity contribution in [2.24, 2.45) is 0 Å². The van der Waals surface area contributed by atoms with E-state index in [9.17, 15) is 0 Å². The number of nitrogens with zero attached hydrogens (tertiary/aromatic N) is 1. The molecule has 0 N–H and O–H groups in total. The third kappa shape index (κ3) is 2.92. The van der Waals surface area contributed by atoms with Crippen molar-refractivity contribution >= 4 is 38.5 Å². The van der Waals surface area contributed by atoms with Crippen molar-refractivity contribution in [2.75, 3.05) is 0 Å². The topological polar surface area (TPSA) is 22.1 Å². The number of benzene rings is 1. The fourth-order valence-corrected chi connectivity index (χ4v) is 1.94. The van der Waals surface area contributed by atoms with E-state index in [4.69, 9.17) is 4.74 Å². The molecule has 0 aliphatic carbocycles. The van der Waals surface area contributed by atoms with Crippen LogP contribution in [0, 0.1) is 3.57 Å². The van der Waals surface area contributed by atoms with Crippen molar-refractivity contribution < 1.29 is 4.74 Å². The highest BCUT2D eigenvalue weighted by Gasteiger charge is 2.01. The number of hydrogen-bond donors (Lipinski definition) is 0. The predicted octanol–water partition coefficient (Wildman–Crippen LogP) is 4.24. The SMILES string of the molecule is Brc1cncc(Oc2ccccc2I)c1. The average Bonchev–Trinajstić information content (AvgIpc) is 2.22. The lowest BCUT2D eigenvalue weighted by atomic mass is 10.3. The van der Waals surface area contributed by atoms with Crippen molar-refractivity contribution in [1.29, 1.82) is 0 Å². The van der Waals surface area contributed by atoms with E-state index >= 15 is 0 Å². The van der Waals surface area contributed by atoms with Gasteiger partial charge in [-0.25, -0.2) is 0 Å². The van der Waals surface area contributed by atoms with Gasteiger partial charge in [-0.15, -0.1) is 0 Å². The Hall–Kier alpha value is -0.620. The Morgan fingerprint density at radius 3 is 2.73 bits per heavy atom. The highest BCUT2D eigenvalue weighted by molar-refractivity contribution is 14.1. The average molecular weight is 376 g/mol. The predicted molar refractivity (Wildman–Crippen MR) is 71.2 cm³/mol. The molecule has 0 bridgehead atoms. The zero-order valence-corrected chi connectivity index (χ0v) is 11.4. The van der Waals surface area contributed by atoms with E-state index in [0.717, 1.165) is 19.5 Å². The van der Waals surface area contributed by atoms with E-state index < -0.39 is 0 Å². The molecule has 2 nitrogen and oxygen atoms in total. The van der Waals surface area contributed by atoms with Crippen LogP contribution in [0.4, 0.5) is 0 Å². The van der Waals surface area contributed by atoms with Crippen LogP contribution in [0.1, 0.15) is 0 Å². The standard InChI is InChI=1S/C11H7BrINO/c12-8-5-9(7-14-6-8)15-11-4-2-1-3-10(11)13/h1-7H. The summed E-state index contributed by atoms with van der Waals surface area (Å²) in [6.45, 7) is 0. The number of para-hydroxylation sites is 1. The lowest BCUT2D eigenvalue weighted by molar-refractivity contribution is 0.476. The summed E-state index contributed by atoms with van der Waals surface area (Å²) in [5.41, 5.74) is 0. The zero-order valence-electron chi connectivity index (χ0n) is 7.65. The van der Waals surface area contributed by atoms with Gasteiger partial charge in [-0.1, -0.05) is 12.1 Å². The van der Waals surface area contributed by atoms with Crippen LogP contribution in [-0.2, 0) is 0 Å². The van der Waals surface area contributed by atoms with Crippen LogP contribution < -0.4 is 4.74 Å². The molecule has 4 heteroatoms. The second-order valence-electron chi connectivity index (χ2n) is 2.87. The maximum absolute atomic E-state index is 5.69. The molecule has 0 unspecified atom stereocenters. The van der Waals surface area contributed by atoms with Gasteiger partial charge in [-0.3, -0.25) is 4.98 Å². The van der Waals surface area contributed by atoms with Gasteiger partial charge in [0, 0.05) is 10.7 Å². The Labute approximate surface area is 110 Å². The third-order valence-corrected chi connectivity index (χ3v) is 3.07. The summed E-state index contributed by atoms with van der Waals surface area (Å²) >= 11 is 5.59. The Balaban J connectivity index is 2.26.